The van der Waals surface area contributed by atoms with Crippen molar-refractivity contribution in [3.8, 4) is 0 Å². The molecule has 16 heavy (non-hydrogen) atoms. The van der Waals surface area contributed by atoms with E-state index in [2.05, 4.69) is 9.97 Å². The summed E-state index contributed by atoms with van der Waals surface area (Å²) >= 11 is 1.48. The van der Waals surface area contributed by atoms with E-state index in [1.54, 1.807) is 6.92 Å². The zero-order valence-electron chi connectivity index (χ0n) is 10.8. The topological polar surface area (TPSA) is 45.8 Å². The number of nitrogens with zero attached hydrogens (tertiary/aromatic N) is 1. The molecule has 0 saturated heterocycles. The molecule has 0 radical (unpaired) electrons. The van der Waals surface area contributed by atoms with Gasteiger partial charge in [0.1, 0.15) is 10.5 Å². The molecule has 0 bridgehead atoms. The fourth-order valence-corrected chi connectivity index (χ4v) is 2.02. The van der Waals surface area contributed by atoms with Gasteiger partial charge in [-0.25, -0.2) is 4.98 Å². The van der Waals surface area contributed by atoms with Crippen molar-refractivity contribution in [3.05, 3.63) is 27.1 Å². The maximum atomic E-state index is 11.3. The van der Waals surface area contributed by atoms with Crippen LogP contribution in [0.15, 0.2) is 10.9 Å². The monoisotopic (exact) mass is 240 g/mol. The summed E-state index contributed by atoms with van der Waals surface area (Å²) in [6, 6.07) is 1.93. The number of aromatic nitrogens is 2. The van der Waals surface area contributed by atoms with Gasteiger partial charge >= 0.3 is 0 Å². The van der Waals surface area contributed by atoms with Crippen molar-refractivity contribution in [1.29, 1.82) is 0 Å². The van der Waals surface area contributed by atoms with Gasteiger partial charge in [-0.15, -0.1) is 11.3 Å². The summed E-state index contributed by atoms with van der Waals surface area (Å²) in [5.41, 5.74) is 0.773. The van der Waals surface area contributed by atoms with Gasteiger partial charge in [-0.05, 0) is 19.9 Å². The third kappa shape index (κ3) is 3.45. The lowest BCUT2D eigenvalue weighted by Gasteiger charge is -1.90. The molecule has 0 amide bonds. The second-order valence-electron chi connectivity index (χ2n) is 2.72. The van der Waals surface area contributed by atoms with Crippen LogP contribution in [0.1, 0.15) is 38.4 Å². The quantitative estimate of drug-likeness (QED) is 0.764. The summed E-state index contributed by atoms with van der Waals surface area (Å²) in [6.07, 6.45) is 0. The lowest BCUT2D eigenvalue weighted by Crippen LogP contribution is -2.07. The summed E-state index contributed by atoms with van der Waals surface area (Å²) in [4.78, 5) is 19.3. The van der Waals surface area contributed by atoms with E-state index in [0.717, 1.165) is 15.1 Å². The molecule has 4 heteroatoms. The molecule has 3 nitrogen and oxygen atoms in total. The Bertz CT molecular complexity index is 485. The van der Waals surface area contributed by atoms with E-state index in [0.29, 0.717) is 5.82 Å². The van der Waals surface area contributed by atoms with Gasteiger partial charge in [0.05, 0.1) is 5.52 Å². The fourth-order valence-electron chi connectivity index (χ4n) is 1.18. The SMILES string of the molecule is CC.CC.Cc1nc2cc(C)sc2c(=O)[nH]1. The largest absolute Gasteiger partial charge is 0.310 e. The Morgan fingerprint density at radius 1 is 1.19 bits per heavy atom. The molecule has 0 aromatic carbocycles. The lowest BCUT2D eigenvalue weighted by atomic mass is 10.4. The molecule has 0 aliphatic rings. The highest BCUT2D eigenvalue weighted by Crippen LogP contribution is 2.18. The number of nitrogens with one attached hydrogen (secondary N) is 1. The van der Waals surface area contributed by atoms with Gasteiger partial charge in [-0.1, -0.05) is 27.7 Å². The van der Waals surface area contributed by atoms with Gasteiger partial charge in [0.2, 0.25) is 0 Å². The highest BCUT2D eigenvalue weighted by Gasteiger charge is 2.03. The standard InChI is InChI=1S/C8H8N2OS.2C2H6/c1-4-3-6-7(12-4)8(11)10-5(2)9-6;2*1-2/h3H,1-2H3,(H,9,10,11);2*1-2H3. The van der Waals surface area contributed by atoms with Crippen molar-refractivity contribution in [2.45, 2.75) is 41.5 Å². The average Bonchev–Trinajstić information content (AvgIpc) is 2.65. The summed E-state index contributed by atoms with van der Waals surface area (Å²) < 4.78 is 0.720. The Kier molecular flexibility index (Phi) is 6.65. The van der Waals surface area contributed by atoms with E-state index in [9.17, 15) is 4.79 Å². The van der Waals surface area contributed by atoms with E-state index in [4.69, 9.17) is 0 Å². The molecule has 0 spiro atoms. The van der Waals surface area contributed by atoms with E-state index in [-0.39, 0.29) is 5.56 Å². The Morgan fingerprint density at radius 2 is 1.75 bits per heavy atom. The van der Waals surface area contributed by atoms with Crippen LogP contribution >= 0.6 is 11.3 Å². The molecular weight excluding hydrogens is 220 g/mol. The molecule has 0 aliphatic carbocycles. The molecule has 0 saturated carbocycles. The van der Waals surface area contributed by atoms with E-state index < -0.39 is 0 Å². The van der Waals surface area contributed by atoms with Crippen molar-refractivity contribution in [1.82, 2.24) is 9.97 Å². The first kappa shape index (κ1) is 14.8. The smallest absolute Gasteiger partial charge is 0.268 e. The minimum atomic E-state index is -0.0319. The first-order valence-corrected chi connectivity index (χ1v) is 6.45. The van der Waals surface area contributed by atoms with Crippen molar-refractivity contribution < 1.29 is 0 Å². The predicted molar refractivity (Wildman–Crippen MR) is 72.4 cm³/mol. The highest BCUT2D eigenvalue weighted by molar-refractivity contribution is 7.18. The van der Waals surface area contributed by atoms with Gasteiger partial charge in [-0.3, -0.25) is 4.79 Å². The average molecular weight is 240 g/mol. The van der Waals surface area contributed by atoms with E-state index in [1.807, 2.05) is 40.7 Å². The number of hydrogen-bond acceptors (Lipinski definition) is 3. The zero-order valence-corrected chi connectivity index (χ0v) is 11.7. The third-order valence-electron chi connectivity index (χ3n) is 1.62. The van der Waals surface area contributed by atoms with Crippen LogP contribution in [0.5, 0.6) is 0 Å². The summed E-state index contributed by atoms with van der Waals surface area (Å²) in [7, 11) is 0. The second kappa shape index (κ2) is 7.17. The molecular formula is C12H20N2OS. The van der Waals surface area contributed by atoms with Crippen molar-refractivity contribution in [2.75, 3.05) is 0 Å². The third-order valence-corrected chi connectivity index (χ3v) is 2.66. The van der Waals surface area contributed by atoms with Crippen LogP contribution in [0, 0.1) is 13.8 Å². The number of aromatic amines is 1. The first-order chi connectivity index (χ1) is 7.66. The molecule has 2 rings (SSSR count). The molecule has 0 fully saturated rings. The molecule has 2 aromatic rings. The van der Waals surface area contributed by atoms with Crippen LogP contribution in [0.2, 0.25) is 0 Å². The Balaban J connectivity index is 0.000000509. The Hall–Kier alpha value is -1.16. The van der Waals surface area contributed by atoms with Crippen LogP contribution < -0.4 is 5.56 Å². The van der Waals surface area contributed by atoms with E-state index in [1.165, 1.54) is 11.3 Å². The molecule has 0 atom stereocenters. The van der Waals surface area contributed by atoms with Crippen LogP contribution in [-0.2, 0) is 0 Å². The number of thiophene rings is 1. The normalized spacial score (nSPS) is 8.88. The number of aryl methyl sites for hydroxylation is 2. The molecule has 0 aliphatic heterocycles. The van der Waals surface area contributed by atoms with Gasteiger partial charge in [-0.2, -0.15) is 0 Å². The molecule has 1 N–H and O–H groups in total. The fraction of sp³-hybridized carbons (Fsp3) is 0.500. The number of hydrogen-bond donors (Lipinski definition) is 1. The number of fused-ring (bicyclic) bond motifs is 1. The lowest BCUT2D eigenvalue weighted by molar-refractivity contribution is 1.06. The molecule has 0 unspecified atom stereocenters. The van der Waals surface area contributed by atoms with Crippen LogP contribution in [0.4, 0.5) is 0 Å². The van der Waals surface area contributed by atoms with E-state index >= 15 is 0 Å². The minimum absolute atomic E-state index is 0.0319. The Labute approximate surface area is 101 Å². The van der Waals surface area contributed by atoms with Gasteiger partial charge in [0.15, 0.2) is 0 Å². The van der Waals surface area contributed by atoms with Gasteiger partial charge in [0.25, 0.3) is 5.56 Å². The van der Waals surface area contributed by atoms with Crippen molar-refractivity contribution in [2.24, 2.45) is 0 Å². The second-order valence-corrected chi connectivity index (χ2v) is 3.98. The molecule has 2 heterocycles. The number of H-pyrrole nitrogens is 1. The summed E-state index contributed by atoms with van der Waals surface area (Å²) in [5.74, 6) is 0.672. The molecule has 90 valence electrons. The highest BCUT2D eigenvalue weighted by atomic mass is 32.1. The molecule has 2 aromatic heterocycles. The maximum Gasteiger partial charge on any atom is 0.268 e. The number of rotatable bonds is 0. The van der Waals surface area contributed by atoms with Crippen molar-refractivity contribution >= 4 is 21.6 Å². The zero-order chi connectivity index (χ0) is 12.7. The first-order valence-electron chi connectivity index (χ1n) is 5.64. The minimum Gasteiger partial charge on any atom is -0.310 e. The van der Waals surface area contributed by atoms with Gasteiger partial charge < -0.3 is 4.98 Å². The van der Waals surface area contributed by atoms with Crippen LogP contribution in [0.25, 0.3) is 10.2 Å². The van der Waals surface area contributed by atoms with Crippen LogP contribution in [0.3, 0.4) is 0 Å². The summed E-state index contributed by atoms with van der Waals surface area (Å²) in [5, 5.41) is 0. The summed E-state index contributed by atoms with van der Waals surface area (Å²) in [6.45, 7) is 11.8. The van der Waals surface area contributed by atoms with Gasteiger partial charge in [0, 0.05) is 4.88 Å². The Morgan fingerprint density at radius 3 is 2.31 bits per heavy atom. The van der Waals surface area contributed by atoms with Crippen molar-refractivity contribution in [3.63, 3.8) is 0 Å². The predicted octanol–water partition coefficient (Wildman–Crippen LogP) is 3.65. The van der Waals surface area contributed by atoms with Crippen LogP contribution in [-0.4, -0.2) is 9.97 Å². The maximum absolute atomic E-state index is 11.3.